The van der Waals surface area contributed by atoms with Crippen molar-refractivity contribution < 1.29 is 5.21 Å². The molecule has 0 aliphatic rings. The van der Waals surface area contributed by atoms with Crippen LogP contribution in [0.25, 0.3) is 0 Å². The summed E-state index contributed by atoms with van der Waals surface area (Å²) in [5.74, 6) is 0. The van der Waals surface area contributed by atoms with Gasteiger partial charge in [-0.25, -0.2) is 0 Å². The number of nitrogens with one attached hydrogen (secondary N) is 2. The van der Waals surface area contributed by atoms with Crippen LogP contribution in [-0.2, 0) is 0 Å². The van der Waals surface area contributed by atoms with E-state index in [1.54, 1.807) is 5.59 Å². The molecule has 0 atom stereocenters. The van der Waals surface area contributed by atoms with Crippen LogP contribution in [-0.4, -0.2) is 5.21 Å². The second kappa shape index (κ2) is 3.46. The fraction of sp³-hybridized carbons (Fsp3) is 0. The molecule has 3 N–H and O–H groups in total. The number of rotatable bonds is 2. The summed E-state index contributed by atoms with van der Waals surface area (Å²) in [5, 5.41) is 7.63. The van der Waals surface area contributed by atoms with E-state index in [4.69, 9.17) is 5.21 Å². The third-order valence-corrected chi connectivity index (χ3v) is 0.167. The van der Waals surface area contributed by atoms with E-state index in [1.807, 2.05) is 0 Å². The molecule has 0 saturated heterocycles. The first-order valence-corrected chi connectivity index (χ1v) is 1.17. The summed E-state index contributed by atoms with van der Waals surface area (Å²) in [7, 11) is 0. The van der Waals surface area contributed by atoms with Crippen molar-refractivity contribution in [1.82, 2.24) is 11.0 Å². The molecule has 5 heavy (non-hydrogen) atoms. The molecule has 0 spiro atoms. The van der Waals surface area contributed by atoms with E-state index in [2.05, 4.69) is 12.0 Å². The molecule has 0 rings (SSSR count). The minimum absolute atomic E-state index is 1.32. The Kier molecular flexibility index (Phi) is 3.09. The molecule has 0 heterocycles. The maximum absolute atomic E-state index is 7.63. The standard InChI is InChI=1S/C2H6N2O/c1-2-3-4-5/h2-5H,1H2. The average molecular weight is 74.1 g/mol. The Morgan fingerprint density at radius 1 is 1.80 bits per heavy atom. The van der Waals surface area contributed by atoms with Crippen LogP contribution in [0.1, 0.15) is 0 Å². The first-order valence-electron chi connectivity index (χ1n) is 1.17. The molecule has 0 aliphatic heterocycles. The fourth-order valence-electron chi connectivity index (χ4n) is 0.0456. The van der Waals surface area contributed by atoms with Gasteiger partial charge < -0.3 is 5.43 Å². The highest BCUT2D eigenvalue weighted by Crippen LogP contribution is 1.33. The van der Waals surface area contributed by atoms with E-state index in [-0.39, 0.29) is 0 Å². The molecule has 0 amide bonds. The molecule has 0 aliphatic carbocycles. The Balaban J connectivity index is 2.40. The normalized spacial score (nSPS) is 6.60. The molecule has 0 unspecified atom stereocenters. The number of hydrogen-bond acceptors (Lipinski definition) is 3. The lowest BCUT2D eigenvalue weighted by Crippen LogP contribution is -2.20. The zero-order chi connectivity index (χ0) is 4.12. The molecule has 30 valence electrons. The first-order chi connectivity index (χ1) is 2.41. The Morgan fingerprint density at radius 2 is 2.40 bits per heavy atom. The highest BCUT2D eigenvalue weighted by Gasteiger charge is 1.50. The molecule has 3 heteroatoms. The Bertz CT molecular complexity index is 28.8. The monoisotopic (exact) mass is 74.0 g/mol. The molecular formula is C2H6N2O. The largest absolute Gasteiger partial charge is 0.307 e. The molecular weight excluding hydrogens is 68.0 g/mol. The SMILES string of the molecule is C=CNNO. The molecule has 0 radical (unpaired) electrons. The lowest BCUT2D eigenvalue weighted by Gasteiger charge is -1.85. The summed E-state index contributed by atoms with van der Waals surface area (Å²) in [6.45, 7) is 3.22. The van der Waals surface area contributed by atoms with Crippen molar-refractivity contribution in [1.29, 1.82) is 0 Å². The summed E-state index contributed by atoms with van der Waals surface area (Å²) < 4.78 is 0. The second-order valence-electron chi connectivity index (χ2n) is 0.460. The van der Waals surface area contributed by atoms with Crippen molar-refractivity contribution in [2.24, 2.45) is 0 Å². The predicted molar refractivity (Wildman–Crippen MR) is 18.3 cm³/mol. The summed E-state index contributed by atoms with van der Waals surface area (Å²) in [6.07, 6.45) is 1.32. The van der Waals surface area contributed by atoms with Crippen LogP contribution in [0.15, 0.2) is 12.8 Å². The highest BCUT2D eigenvalue weighted by atomic mass is 16.5. The molecule has 0 aromatic carbocycles. The van der Waals surface area contributed by atoms with Crippen LogP contribution in [0.2, 0.25) is 0 Å². The zero-order valence-electron chi connectivity index (χ0n) is 2.73. The van der Waals surface area contributed by atoms with Gasteiger partial charge in [-0.05, 0) is 0 Å². The van der Waals surface area contributed by atoms with Gasteiger partial charge in [-0.1, -0.05) is 6.58 Å². The van der Waals surface area contributed by atoms with Crippen molar-refractivity contribution in [2.75, 3.05) is 0 Å². The fourth-order valence-corrected chi connectivity index (χ4v) is 0.0456. The molecule has 0 saturated carbocycles. The molecule has 0 bridgehead atoms. The summed E-state index contributed by atoms with van der Waals surface area (Å²) in [6, 6.07) is 0. The Morgan fingerprint density at radius 3 is 2.40 bits per heavy atom. The van der Waals surface area contributed by atoms with Gasteiger partial charge in [-0.15, -0.1) is 5.59 Å². The van der Waals surface area contributed by atoms with Crippen LogP contribution in [0, 0.1) is 0 Å². The third-order valence-electron chi connectivity index (χ3n) is 0.167. The molecule has 0 fully saturated rings. The van der Waals surface area contributed by atoms with E-state index in [9.17, 15) is 0 Å². The minimum atomic E-state index is 1.32. The van der Waals surface area contributed by atoms with E-state index in [0.717, 1.165) is 0 Å². The summed E-state index contributed by atoms with van der Waals surface area (Å²) >= 11 is 0. The maximum atomic E-state index is 7.63. The quantitative estimate of drug-likeness (QED) is 0.391. The molecule has 0 aromatic rings. The van der Waals surface area contributed by atoms with Crippen molar-refractivity contribution in [2.45, 2.75) is 0 Å². The van der Waals surface area contributed by atoms with Gasteiger partial charge in [0, 0.05) is 6.20 Å². The van der Waals surface area contributed by atoms with Gasteiger partial charge in [0.2, 0.25) is 0 Å². The minimum Gasteiger partial charge on any atom is -0.307 e. The van der Waals surface area contributed by atoms with Crippen LogP contribution >= 0.6 is 0 Å². The smallest absolute Gasteiger partial charge is 0.00753 e. The van der Waals surface area contributed by atoms with Gasteiger partial charge in [0.25, 0.3) is 0 Å². The maximum Gasteiger partial charge on any atom is 0.00753 e. The van der Waals surface area contributed by atoms with Crippen molar-refractivity contribution in [3.8, 4) is 0 Å². The van der Waals surface area contributed by atoms with Crippen molar-refractivity contribution in [3.63, 3.8) is 0 Å². The third kappa shape index (κ3) is 3.46. The lowest BCUT2D eigenvalue weighted by molar-refractivity contribution is 0.138. The Hall–Kier alpha value is -0.540. The number of hydrazine groups is 1. The van der Waals surface area contributed by atoms with Gasteiger partial charge in [0.05, 0.1) is 0 Å². The number of hydrogen-bond donors (Lipinski definition) is 3. The summed E-state index contributed by atoms with van der Waals surface area (Å²) in [5.41, 5.74) is 3.83. The van der Waals surface area contributed by atoms with Crippen LogP contribution < -0.4 is 11.0 Å². The van der Waals surface area contributed by atoms with Crippen molar-refractivity contribution >= 4 is 0 Å². The van der Waals surface area contributed by atoms with Crippen molar-refractivity contribution in [3.05, 3.63) is 12.8 Å². The van der Waals surface area contributed by atoms with Gasteiger partial charge in [0.1, 0.15) is 0 Å². The van der Waals surface area contributed by atoms with E-state index < -0.39 is 0 Å². The first kappa shape index (κ1) is 4.46. The van der Waals surface area contributed by atoms with Crippen LogP contribution in [0.3, 0.4) is 0 Å². The topological polar surface area (TPSA) is 44.3 Å². The van der Waals surface area contributed by atoms with E-state index in [0.29, 0.717) is 0 Å². The molecule has 0 aromatic heterocycles. The summed E-state index contributed by atoms with van der Waals surface area (Å²) in [4.78, 5) is 0. The van der Waals surface area contributed by atoms with E-state index >= 15 is 0 Å². The van der Waals surface area contributed by atoms with Gasteiger partial charge in [-0.2, -0.15) is 0 Å². The average Bonchev–Trinajstić information content (AvgIpc) is 1.41. The van der Waals surface area contributed by atoms with Crippen LogP contribution in [0.4, 0.5) is 0 Å². The Labute approximate surface area is 30.2 Å². The van der Waals surface area contributed by atoms with Gasteiger partial charge in [0.15, 0.2) is 0 Å². The highest BCUT2D eigenvalue weighted by molar-refractivity contribution is 4.53. The second-order valence-corrected chi connectivity index (χ2v) is 0.460. The molecule has 3 nitrogen and oxygen atoms in total. The van der Waals surface area contributed by atoms with Gasteiger partial charge in [-0.3, -0.25) is 5.21 Å². The predicted octanol–water partition coefficient (Wildman–Crippen LogP) is -0.387. The van der Waals surface area contributed by atoms with Crippen LogP contribution in [0.5, 0.6) is 0 Å². The van der Waals surface area contributed by atoms with E-state index in [1.165, 1.54) is 6.20 Å². The zero-order valence-corrected chi connectivity index (χ0v) is 2.73. The lowest BCUT2D eigenvalue weighted by atomic mass is 11.1. The van der Waals surface area contributed by atoms with Gasteiger partial charge >= 0.3 is 0 Å².